The predicted molar refractivity (Wildman–Crippen MR) is 88.9 cm³/mol. The van der Waals surface area contributed by atoms with Gasteiger partial charge in [0.25, 0.3) is 0 Å². The quantitative estimate of drug-likeness (QED) is 0.647. The Bertz CT molecular complexity index is 923. The molecule has 0 saturated carbocycles. The van der Waals surface area contributed by atoms with Gasteiger partial charge in [0.05, 0.1) is 15.9 Å². The van der Waals surface area contributed by atoms with Crippen LogP contribution in [0.15, 0.2) is 51.8 Å². The zero-order valence-electron chi connectivity index (χ0n) is 11.4. The van der Waals surface area contributed by atoms with E-state index in [0.29, 0.717) is 28.0 Å². The highest BCUT2D eigenvalue weighted by Crippen LogP contribution is 2.27. The number of aromatic amines is 1. The highest BCUT2D eigenvalue weighted by molar-refractivity contribution is 9.10. The van der Waals surface area contributed by atoms with Crippen LogP contribution in [0.4, 0.5) is 5.95 Å². The number of aromatic nitrogens is 2. The van der Waals surface area contributed by atoms with Crippen LogP contribution in [0.3, 0.4) is 0 Å². The van der Waals surface area contributed by atoms with Crippen LogP contribution in [0.5, 0.6) is 0 Å². The number of nitrogens with two attached hydrogens (primary N) is 1. The molecular weight excluding hydrogens is 368 g/mol. The van der Waals surface area contributed by atoms with Crippen molar-refractivity contribution in [1.29, 1.82) is 0 Å². The lowest BCUT2D eigenvalue weighted by atomic mass is 10.2. The van der Waals surface area contributed by atoms with Gasteiger partial charge in [-0.2, -0.15) is 0 Å². The molecule has 2 aromatic carbocycles. The second kappa shape index (κ2) is 5.71. The van der Waals surface area contributed by atoms with E-state index in [1.807, 2.05) is 30.3 Å². The molecule has 8 heteroatoms. The molecule has 0 radical (unpaired) electrons. The lowest BCUT2D eigenvalue weighted by Gasteiger charge is -2.02. The summed E-state index contributed by atoms with van der Waals surface area (Å²) in [6.45, 7) is 0.615. The van der Waals surface area contributed by atoms with Crippen LogP contribution in [0, 0.1) is 0 Å². The number of hydrogen-bond donors (Lipinski definition) is 3. The number of halogens is 1. The average molecular weight is 381 g/mol. The fourth-order valence-corrected chi connectivity index (χ4v) is 3.72. The summed E-state index contributed by atoms with van der Waals surface area (Å²) in [5.74, 6) is 0.567. The molecule has 1 aromatic heterocycles. The summed E-state index contributed by atoms with van der Waals surface area (Å²) < 4.78 is 23.4. The first-order chi connectivity index (χ1) is 10.4. The van der Waals surface area contributed by atoms with Gasteiger partial charge in [-0.25, -0.2) is 18.5 Å². The normalized spacial score (nSPS) is 11.7. The summed E-state index contributed by atoms with van der Waals surface area (Å²) in [6, 6.07) is 13.0. The molecule has 3 aromatic rings. The highest BCUT2D eigenvalue weighted by atomic mass is 79.9. The van der Waals surface area contributed by atoms with E-state index in [1.54, 1.807) is 6.07 Å². The smallest absolute Gasteiger partial charge is 0.239 e. The topological polar surface area (TPSA) is 101 Å². The highest BCUT2D eigenvalue weighted by Gasteiger charge is 2.15. The van der Waals surface area contributed by atoms with Crippen molar-refractivity contribution in [2.75, 3.05) is 5.32 Å². The Morgan fingerprint density at radius 2 is 1.95 bits per heavy atom. The number of hydrogen-bond acceptors (Lipinski definition) is 4. The molecule has 3 rings (SSSR count). The number of nitrogens with one attached hydrogen (secondary N) is 2. The Morgan fingerprint density at radius 1 is 1.23 bits per heavy atom. The summed E-state index contributed by atoms with van der Waals surface area (Å²) in [7, 11) is -3.79. The van der Waals surface area contributed by atoms with E-state index < -0.39 is 10.0 Å². The minimum Gasteiger partial charge on any atom is -0.352 e. The van der Waals surface area contributed by atoms with Gasteiger partial charge in [-0.3, -0.25) is 0 Å². The lowest BCUT2D eigenvalue weighted by molar-refractivity contribution is 0.597. The maximum atomic E-state index is 11.5. The van der Waals surface area contributed by atoms with Crippen molar-refractivity contribution in [2.45, 2.75) is 11.4 Å². The number of imidazole rings is 1. The third kappa shape index (κ3) is 3.13. The number of nitrogens with zero attached hydrogens (tertiary/aromatic N) is 1. The van der Waals surface area contributed by atoms with Crippen molar-refractivity contribution in [2.24, 2.45) is 5.14 Å². The van der Waals surface area contributed by atoms with Gasteiger partial charge in [0.2, 0.25) is 16.0 Å². The summed E-state index contributed by atoms with van der Waals surface area (Å²) in [6.07, 6.45) is 0. The minimum atomic E-state index is -3.79. The number of rotatable bonds is 4. The van der Waals surface area contributed by atoms with Crippen LogP contribution in [-0.2, 0) is 16.6 Å². The largest absolute Gasteiger partial charge is 0.352 e. The number of sulfonamides is 1. The zero-order chi connectivity index (χ0) is 15.7. The minimum absolute atomic E-state index is 0.0262. The fourth-order valence-electron chi connectivity index (χ4n) is 2.09. The molecule has 0 spiro atoms. The third-order valence-electron chi connectivity index (χ3n) is 3.14. The molecule has 0 fully saturated rings. The Balaban J connectivity index is 1.90. The first-order valence-electron chi connectivity index (χ1n) is 6.43. The van der Waals surface area contributed by atoms with Gasteiger partial charge in [0.1, 0.15) is 0 Å². The van der Waals surface area contributed by atoms with Gasteiger partial charge in [0.15, 0.2) is 0 Å². The van der Waals surface area contributed by atoms with E-state index in [2.05, 4.69) is 31.2 Å². The Labute approximate surface area is 135 Å². The number of primary sulfonamides is 1. The fraction of sp³-hybridized carbons (Fsp3) is 0.0714. The van der Waals surface area contributed by atoms with E-state index in [9.17, 15) is 8.42 Å². The van der Waals surface area contributed by atoms with Crippen molar-refractivity contribution in [3.63, 3.8) is 0 Å². The van der Waals surface area contributed by atoms with Gasteiger partial charge in [-0.1, -0.05) is 30.3 Å². The van der Waals surface area contributed by atoms with E-state index in [1.165, 1.54) is 6.07 Å². The van der Waals surface area contributed by atoms with Crippen LogP contribution < -0.4 is 10.5 Å². The SMILES string of the molecule is NS(=O)(=O)c1cc2[nH]c(NCc3ccccc3)nc2cc1Br. The van der Waals surface area contributed by atoms with Gasteiger partial charge in [0, 0.05) is 11.0 Å². The summed E-state index contributed by atoms with van der Waals surface area (Å²) in [5.41, 5.74) is 2.37. The number of anilines is 1. The summed E-state index contributed by atoms with van der Waals surface area (Å²) >= 11 is 3.20. The molecule has 6 nitrogen and oxygen atoms in total. The van der Waals surface area contributed by atoms with E-state index >= 15 is 0 Å². The molecule has 22 heavy (non-hydrogen) atoms. The van der Waals surface area contributed by atoms with Crippen molar-refractivity contribution in [3.05, 3.63) is 52.5 Å². The van der Waals surface area contributed by atoms with Gasteiger partial charge in [-0.05, 0) is 33.6 Å². The van der Waals surface area contributed by atoms with Crippen LogP contribution in [0.2, 0.25) is 0 Å². The molecule has 114 valence electrons. The van der Waals surface area contributed by atoms with Crippen LogP contribution in [0.25, 0.3) is 11.0 Å². The molecule has 0 aliphatic heterocycles. The molecule has 0 aliphatic carbocycles. The zero-order valence-corrected chi connectivity index (χ0v) is 13.8. The number of fused-ring (bicyclic) bond motifs is 1. The number of H-pyrrole nitrogens is 1. The predicted octanol–water partition coefficient (Wildman–Crippen LogP) is 2.58. The van der Waals surface area contributed by atoms with Gasteiger partial charge >= 0.3 is 0 Å². The van der Waals surface area contributed by atoms with Gasteiger partial charge < -0.3 is 10.3 Å². The monoisotopic (exact) mass is 380 g/mol. The maximum Gasteiger partial charge on any atom is 0.239 e. The second-order valence-corrected chi connectivity index (χ2v) is 7.15. The Morgan fingerprint density at radius 3 is 2.64 bits per heavy atom. The van der Waals surface area contributed by atoms with Crippen molar-refractivity contribution >= 4 is 42.9 Å². The van der Waals surface area contributed by atoms with Crippen molar-refractivity contribution in [3.8, 4) is 0 Å². The van der Waals surface area contributed by atoms with Crippen molar-refractivity contribution < 1.29 is 8.42 Å². The lowest BCUT2D eigenvalue weighted by Crippen LogP contribution is -2.12. The average Bonchev–Trinajstić information content (AvgIpc) is 2.86. The van der Waals surface area contributed by atoms with Crippen LogP contribution in [0.1, 0.15) is 5.56 Å². The van der Waals surface area contributed by atoms with E-state index in [-0.39, 0.29) is 4.90 Å². The summed E-state index contributed by atoms with van der Waals surface area (Å²) in [5, 5.41) is 8.35. The Kier molecular flexibility index (Phi) is 3.90. The third-order valence-corrected chi connectivity index (χ3v) is 5.01. The molecule has 0 bridgehead atoms. The second-order valence-electron chi connectivity index (χ2n) is 4.77. The molecular formula is C14H13BrN4O2S. The molecule has 0 unspecified atom stereocenters. The van der Waals surface area contributed by atoms with E-state index in [4.69, 9.17) is 5.14 Å². The molecule has 0 atom stereocenters. The standard InChI is InChI=1S/C14H13BrN4O2S/c15-10-6-11-12(7-13(10)22(16,20)21)19-14(18-11)17-8-9-4-2-1-3-5-9/h1-7H,8H2,(H2,16,20,21)(H2,17,18,19). The maximum absolute atomic E-state index is 11.5. The Hall–Kier alpha value is -1.90. The molecule has 0 amide bonds. The first kappa shape index (κ1) is 15.0. The van der Waals surface area contributed by atoms with E-state index in [0.717, 1.165) is 5.56 Å². The van der Waals surface area contributed by atoms with Crippen molar-refractivity contribution in [1.82, 2.24) is 9.97 Å². The first-order valence-corrected chi connectivity index (χ1v) is 8.77. The number of benzene rings is 2. The molecule has 0 saturated heterocycles. The molecule has 1 heterocycles. The van der Waals surface area contributed by atoms with Crippen LogP contribution >= 0.6 is 15.9 Å². The summed E-state index contributed by atoms with van der Waals surface area (Å²) in [4.78, 5) is 7.45. The molecule has 0 aliphatic rings. The van der Waals surface area contributed by atoms with Gasteiger partial charge in [-0.15, -0.1) is 0 Å². The molecule has 4 N–H and O–H groups in total. The van der Waals surface area contributed by atoms with Crippen LogP contribution in [-0.4, -0.2) is 18.4 Å².